The summed E-state index contributed by atoms with van der Waals surface area (Å²) < 4.78 is 25.8. The molecule has 3 aromatic rings. The number of methoxy groups -OCH3 is 1. The van der Waals surface area contributed by atoms with Gasteiger partial charge in [-0.3, -0.25) is 5.32 Å². The van der Waals surface area contributed by atoms with Gasteiger partial charge in [0.25, 0.3) is 0 Å². The van der Waals surface area contributed by atoms with Gasteiger partial charge < -0.3 is 31.2 Å². The Morgan fingerprint density at radius 2 is 1.61 bits per heavy atom. The number of benzene rings is 3. The van der Waals surface area contributed by atoms with Crippen LogP contribution in [0.5, 0.6) is 0 Å². The number of ether oxygens (including phenoxy) is 2. The molecule has 3 aromatic carbocycles. The molecule has 0 unspecified atom stereocenters. The molecule has 41 heavy (non-hydrogen) atoms. The van der Waals surface area contributed by atoms with Crippen molar-refractivity contribution in [1.29, 1.82) is 0 Å². The van der Waals surface area contributed by atoms with Crippen LogP contribution in [0.25, 0.3) is 10.8 Å². The van der Waals surface area contributed by atoms with Gasteiger partial charge in [0.05, 0.1) is 24.0 Å². The van der Waals surface area contributed by atoms with E-state index in [1.54, 1.807) is 0 Å². The summed E-state index contributed by atoms with van der Waals surface area (Å²) >= 11 is 3.58. The fraction of sp³-hybridized carbons (Fsp3) is 0.400. The van der Waals surface area contributed by atoms with Crippen molar-refractivity contribution in [3.63, 3.8) is 0 Å². The van der Waals surface area contributed by atoms with Crippen LogP contribution in [-0.2, 0) is 16.1 Å². The summed E-state index contributed by atoms with van der Waals surface area (Å²) in [6.45, 7) is 4.82. The first-order valence-electron chi connectivity index (χ1n) is 13.8. The van der Waals surface area contributed by atoms with Gasteiger partial charge in [-0.25, -0.2) is 14.0 Å². The molecule has 222 valence electrons. The second-order valence-electron chi connectivity index (χ2n) is 9.46. The standard InChI is InChI=1S/C30H39BrFN5O4/c1-40-29(38)24-18-25(32)27(36-17-7-16-35-14-5-4-13-34-15-6-12-33)19-26(24)37-30(39)41-20-22-11-10-21-8-2-3-9-23(21)28(22)31/h2-3,8-11,18-19,34-36H,4-7,12-17,20,33H2,1H3,(H,37,39). The van der Waals surface area contributed by atoms with E-state index in [4.69, 9.17) is 15.2 Å². The van der Waals surface area contributed by atoms with Crippen LogP contribution < -0.4 is 27.0 Å². The number of amides is 1. The number of rotatable bonds is 17. The van der Waals surface area contributed by atoms with Crippen molar-refractivity contribution in [2.24, 2.45) is 5.73 Å². The van der Waals surface area contributed by atoms with Crippen LogP contribution in [0.4, 0.5) is 20.6 Å². The fourth-order valence-corrected chi connectivity index (χ4v) is 4.79. The average molecular weight is 633 g/mol. The molecule has 6 N–H and O–H groups in total. The van der Waals surface area contributed by atoms with E-state index in [0.717, 1.165) is 78.7 Å². The van der Waals surface area contributed by atoms with Crippen LogP contribution >= 0.6 is 15.9 Å². The van der Waals surface area contributed by atoms with E-state index >= 15 is 0 Å². The third-order valence-corrected chi connectivity index (χ3v) is 7.35. The molecule has 0 saturated heterocycles. The van der Waals surface area contributed by atoms with E-state index in [-0.39, 0.29) is 23.5 Å². The minimum absolute atomic E-state index is 0.00505. The lowest BCUT2D eigenvalue weighted by Gasteiger charge is -2.15. The lowest BCUT2D eigenvalue weighted by atomic mass is 10.1. The summed E-state index contributed by atoms with van der Waals surface area (Å²) in [5.41, 5.74) is 6.39. The second-order valence-corrected chi connectivity index (χ2v) is 10.3. The summed E-state index contributed by atoms with van der Waals surface area (Å²) in [5, 5.41) is 14.4. The number of hydrogen-bond donors (Lipinski definition) is 5. The van der Waals surface area contributed by atoms with Crippen molar-refractivity contribution in [3.8, 4) is 0 Å². The first kappa shape index (κ1) is 32.3. The topological polar surface area (TPSA) is 127 Å². The zero-order valence-electron chi connectivity index (χ0n) is 23.4. The van der Waals surface area contributed by atoms with Crippen molar-refractivity contribution in [1.82, 2.24) is 10.6 Å². The molecule has 11 heteroatoms. The van der Waals surface area contributed by atoms with Gasteiger partial charge in [-0.2, -0.15) is 0 Å². The SMILES string of the molecule is COC(=O)c1cc(F)c(NCCCNCCCCNCCCN)cc1NC(=O)OCc1ccc2ccccc2c1Br. The summed E-state index contributed by atoms with van der Waals surface area (Å²) in [4.78, 5) is 24.9. The Morgan fingerprint density at radius 1 is 0.902 bits per heavy atom. The Balaban J connectivity index is 1.50. The molecule has 9 nitrogen and oxygen atoms in total. The van der Waals surface area contributed by atoms with Gasteiger partial charge in [-0.1, -0.05) is 36.4 Å². The lowest BCUT2D eigenvalue weighted by molar-refractivity contribution is 0.0601. The molecule has 0 aliphatic heterocycles. The van der Waals surface area contributed by atoms with Gasteiger partial charge in [0, 0.05) is 16.6 Å². The van der Waals surface area contributed by atoms with Crippen LogP contribution in [0.2, 0.25) is 0 Å². The highest BCUT2D eigenvalue weighted by atomic mass is 79.9. The molecule has 0 aromatic heterocycles. The van der Waals surface area contributed by atoms with E-state index in [2.05, 4.69) is 37.2 Å². The quantitative estimate of drug-likeness (QED) is 0.0992. The number of halogens is 2. The van der Waals surface area contributed by atoms with E-state index in [1.165, 1.54) is 13.2 Å². The highest BCUT2D eigenvalue weighted by molar-refractivity contribution is 9.10. The van der Waals surface area contributed by atoms with Crippen LogP contribution in [0.1, 0.15) is 41.6 Å². The van der Waals surface area contributed by atoms with Crippen molar-refractivity contribution < 1.29 is 23.5 Å². The number of fused-ring (bicyclic) bond motifs is 1. The van der Waals surface area contributed by atoms with Crippen LogP contribution in [-0.4, -0.2) is 58.4 Å². The summed E-state index contributed by atoms with van der Waals surface area (Å²) in [6.07, 6.45) is 3.12. The molecule has 3 rings (SSSR count). The molecule has 0 radical (unpaired) electrons. The Kier molecular flexibility index (Phi) is 13.8. The molecule has 0 fully saturated rings. The number of carbonyl (C=O) groups excluding carboxylic acids is 2. The Bertz CT molecular complexity index is 1290. The predicted molar refractivity (Wildman–Crippen MR) is 165 cm³/mol. The number of anilines is 2. The molecule has 0 spiro atoms. The van der Waals surface area contributed by atoms with E-state index < -0.39 is 17.9 Å². The minimum atomic E-state index is -0.786. The highest BCUT2D eigenvalue weighted by Gasteiger charge is 2.19. The number of esters is 1. The number of carbonyl (C=O) groups is 2. The zero-order chi connectivity index (χ0) is 29.5. The van der Waals surface area contributed by atoms with Gasteiger partial charge in [-0.05, 0) is 97.2 Å². The maximum Gasteiger partial charge on any atom is 0.411 e. The number of nitrogens with one attached hydrogen (secondary N) is 4. The van der Waals surface area contributed by atoms with Gasteiger partial charge in [-0.15, -0.1) is 0 Å². The number of nitrogens with two attached hydrogens (primary N) is 1. The Morgan fingerprint density at radius 3 is 2.34 bits per heavy atom. The molecule has 0 atom stereocenters. The van der Waals surface area contributed by atoms with Crippen molar-refractivity contribution >= 4 is 50.1 Å². The van der Waals surface area contributed by atoms with E-state index in [0.29, 0.717) is 13.1 Å². The van der Waals surface area contributed by atoms with Crippen molar-refractivity contribution in [3.05, 3.63) is 69.9 Å². The van der Waals surface area contributed by atoms with Gasteiger partial charge in [0.1, 0.15) is 12.4 Å². The normalized spacial score (nSPS) is 10.9. The molecule has 0 aliphatic carbocycles. The van der Waals surface area contributed by atoms with Crippen molar-refractivity contribution in [2.45, 2.75) is 32.3 Å². The Labute approximate surface area is 248 Å². The largest absolute Gasteiger partial charge is 0.465 e. The molecular formula is C30H39BrFN5O4. The molecule has 1 amide bonds. The first-order valence-corrected chi connectivity index (χ1v) is 14.6. The molecule has 0 bridgehead atoms. The van der Waals surface area contributed by atoms with E-state index in [9.17, 15) is 14.0 Å². The monoisotopic (exact) mass is 631 g/mol. The zero-order valence-corrected chi connectivity index (χ0v) is 24.9. The van der Waals surface area contributed by atoms with Crippen molar-refractivity contribution in [2.75, 3.05) is 57.0 Å². The Hall–Kier alpha value is -3.25. The number of hydrogen-bond acceptors (Lipinski definition) is 8. The second kappa shape index (κ2) is 17.5. The first-order chi connectivity index (χ1) is 19.9. The van der Waals surface area contributed by atoms with E-state index in [1.807, 2.05) is 36.4 Å². The molecule has 0 aliphatic rings. The average Bonchev–Trinajstić information content (AvgIpc) is 2.98. The highest BCUT2D eigenvalue weighted by Crippen LogP contribution is 2.29. The van der Waals surface area contributed by atoms with Gasteiger partial charge >= 0.3 is 12.1 Å². The number of unbranched alkanes of at least 4 members (excludes halogenated alkanes) is 1. The summed E-state index contributed by atoms with van der Waals surface area (Å²) in [6, 6.07) is 14.1. The van der Waals surface area contributed by atoms with Gasteiger partial charge in [0.2, 0.25) is 0 Å². The fourth-order valence-electron chi connectivity index (χ4n) is 4.18. The van der Waals surface area contributed by atoms with Crippen LogP contribution in [0, 0.1) is 5.82 Å². The lowest BCUT2D eigenvalue weighted by Crippen LogP contribution is -2.22. The third kappa shape index (κ3) is 10.3. The third-order valence-electron chi connectivity index (χ3n) is 6.41. The molecule has 0 heterocycles. The van der Waals surface area contributed by atoms with Crippen LogP contribution in [0.15, 0.2) is 53.0 Å². The predicted octanol–water partition coefficient (Wildman–Crippen LogP) is 5.39. The minimum Gasteiger partial charge on any atom is -0.465 e. The summed E-state index contributed by atoms with van der Waals surface area (Å²) in [5.74, 6) is -1.40. The molecular weight excluding hydrogens is 593 g/mol. The molecule has 0 saturated carbocycles. The maximum absolute atomic E-state index is 14.8. The van der Waals surface area contributed by atoms with Crippen LogP contribution in [0.3, 0.4) is 0 Å². The maximum atomic E-state index is 14.8. The smallest absolute Gasteiger partial charge is 0.411 e. The van der Waals surface area contributed by atoms with Gasteiger partial charge in [0.15, 0.2) is 0 Å². The summed E-state index contributed by atoms with van der Waals surface area (Å²) in [7, 11) is 1.19.